The van der Waals surface area contributed by atoms with Crippen LogP contribution >= 0.6 is 0 Å². The summed E-state index contributed by atoms with van der Waals surface area (Å²) in [6, 6.07) is 8.07. The molecule has 1 atom stereocenters. The third kappa shape index (κ3) is 4.00. The Labute approximate surface area is 120 Å². The Hall–Kier alpha value is -2.47. The fourth-order valence-corrected chi connectivity index (χ4v) is 1.80. The van der Waals surface area contributed by atoms with E-state index in [2.05, 4.69) is 5.32 Å². The van der Waals surface area contributed by atoms with Crippen molar-refractivity contribution in [1.82, 2.24) is 0 Å². The second-order valence-electron chi connectivity index (χ2n) is 4.59. The molecule has 2 aromatic rings. The molecule has 0 heterocycles. The largest absolute Gasteiger partial charge is 0.508 e. The number of nitrogens with one attached hydrogen (secondary N) is 1. The van der Waals surface area contributed by atoms with Gasteiger partial charge in [0.1, 0.15) is 17.4 Å². The summed E-state index contributed by atoms with van der Waals surface area (Å²) < 4.78 is 26.4. The highest BCUT2D eigenvalue weighted by Crippen LogP contribution is 2.16. The van der Waals surface area contributed by atoms with E-state index < -0.39 is 23.6 Å². The van der Waals surface area contributed by atoms with Gasteiger partial charge in [0.05, 0.1) is 11.7 Å². The van der Waals surface area contributed by atoms with Crippen molar-refractivity contribution in [3.63, 3.8) is 0 Å². The van der Waals surface area contributed by atoms with Crippen molar-refractivity contribution in [1.29, 1.82) is 0 Å². The Morgan fingerprint density at radius 1 is 1.19 bits per heavy atom. The van der Waals surface area contributed by atoms with E-state index in [1.165, 1.54) is 12.1 Å². The number of aromatic hydroxyl groups is 1. The number of anilines is 1. The normalized spacial score (nSPS) is 12.0. The molecule has 2 aromatic carbocycles. The summed E-state index contributed by atoms with van der Waals surface area (Å²) in [6.07, 6.45) is 0.211. The van der Waals surface area contributed by atoms with Gasteiger partial charge >= 0.3 is 0 Å². The van der Waals surface area contributed by atoms with Crippen LogP contribution in [0.1, 0.15) is 5.56 Å². The predicted octanol–water partition coefficient (Wildman–Crippen LogP) is 2.18. The number of phenols is 1. The molecule has 0 aliphatic heterocycles. The van der Waals surface area contributed by atoms with Gasteiger partial charge in [-0.05, 0) is 36.2 Å². The molecular formula is C15H14F2N2O2. The minimum absolute atomic E-state index is 0.110. The maximum atomic E-state index is 13.4. The standard InChI is InChI=1S/C15H14F2N2O2/c16-10-3-6-12(17)14(8-10)19-15(21)13(18)7-9-1-4-11(20)5-2-9/h1-6,8,13,20H,7,18H2,(H,19,21)/t13-/m1/s1. The molecule has 0 spiro atoms. The Morgan fingerprint density at radius 3 is 2.52 bits per heavy atom. The quantitative estimate of drug-likeness (QED) is 0.808. The van der Waals surface area contributed by atoms with E-state index in [9.17, 15) is 13.6 Å². The Morgan fingerprint density at radius 2 is 1.86 bits per heavy atom. The molecule has 4 N–H and O–H groups in total. The van der Waals surface area contributed by atoms with E-state index in [0.717, 1.165) is 23.8 Å². The second-order valence-corrected chi connectivity index (χ2v) is 4.59. The Kier molecular flexibility index (Phi) is 4.49. The number of hydrogen-bond donors (Lipinski definition) is 3. The van der Waals surface area contributed by atoms with Crippen molar-refractivity contribution in [2.75, 3.05) is 5.32 Å². The zero-order chi connectivity index (χ0) is 15.4. The number of nitrogens with two attached hydrogens (primary N) is 1. The maximum absolute atomic E-state index is 13.4. The first-order valence-electron chi connectivity index (χ1n) is 6.25. The Bertz CT molecular complexity index is 645. The van der Waals surface area contributed by atoms with E-state index in [4.69, 9.17) is 10.8 Å². The van der Waals surface area contributed by atoms with E-state index in [1.807, 2.05) is 0 Å². The molecule has 2 rings (SSSR count). The monoisotopic (exact) mass is 292 g/mol. The second kappa shape index (κ2) is 6.32. The van der Waals surface area contributed by atoms with Crippen LogP contribution in [-0.2, 0) is 11.2 Å². The van der Waals surface area contributed by atoms with Crippen molar-refractivity contribution in [2.24, 2.45) is 5.73 Å². The molecule has 0 aliphatic carbocycles. The lowest BCUT2D eigenvalue weighted by Gasteiger charge is -2.13. The molecule has 0 radical (unpaired) electrons. The molecule has 110 valence electrons. The van der Waals surface area contributed by atoms with Gasteiger partial charge in [0, 0.05) is 6.07 Å². The first kappa shape index (κ1) is 14.9. The SMILES string of the molecule is N[C@H](Cc1ccc(O)cc1)C(=O)Nc1cc(F)ccc1F. The number of hydrogen-bond acceptors (Lipinski definition) is 3. The van der Waals surface area contributed by atoms with E-state index in [0.29, 0.717) is 0 Å². The summed E-state index contributed by atoms with van der Waals surface area (Å²) in [7, 11) is 0. The van der Waals surface area contributed by atoms with Crippen LogP contribution in [0.4, 0.5) is 14.5 Å². The fourth-order valence-electron chi connectivity index (χ4n) is 1.80. The molecule has 0 aliphatic rings. The molecule has 0 saturated carbocycles. The molecule has 6 heteroatoms. The summed E-state index contributed by atoms with van der Waals surface area (Å²) >= 11 is 0. The fraction of sp³-hybridized carbons (Fsp3) is 0.133. The third-order valence-electron chi connectivity index (χ3n) is 2.92. The number of rotatable bonds is 4. The van der Waals surface area contributed by atoms with Gasteiger partial charge in [0.25, 0.3) is 0 Å². The van der Waals surface area contributed by atoms with Gasteiger partial charge in [-0.2, -0.15) is 0 Å². The summed E-state index contributed by atoms with van der Waals surface area (Å²) in [5.74, 6) is -1.90. The molecule has 0 fully saturated rings. The zero-order valence-corrected chi connectivity index (χ0v) is 11.0. The van der Waals surface area contributed by atoms with E-state index >= 15 is 0 Å². The zero-order valence-electron chi connectivity index (χ0n) is 11.0. The average Bonchev–Trinajstić information content (AvgIpc) is 2.45. The van der Waals surface area contributed by atoms with Crippen LogP contribution in [0.25, 0.3) is 0 Å². The molecule has 0 aromatic heterocycles. The highest BCUT2D eigenvalue weighted by atomic mass is 19.1. The first-order valence-corrected chi connectivity index (χ1v) is 6.25. The number of amides is 1. The van der Waals surface area contributed by atoms with Crippen molar-refractivity contribution < 1.29 is 18.7 Å². The first-order chi connectivity index (χ1) is 9.95. The summed E-state index contributed by atoms with van der Waals surface area (Å²) in [5.41, 5.74) is 6.23. The Balaban J connectivity index is 2.02. The van der Waals surface area contributed by atoms with Crippen molar-refractivity contribution in [2.45, 2.75) is 12.5 Å². The minimum Gasteiger partial charge on any atom is -0.508 e. The maximum Gasteiger partial charge on any atom is 0.241 e. The molecule has 0 bridgehead atoms. The van der Waals surface area contributed by atoms with Gasteiger partial charge in [-0.1, -0.05) is 12.1 Å². The number of phenolic OH excluding ortho intramolecular Hbond substituents is 1. The van der Waals surface area contributed by atoms with Gasteiger partial charge < -0.3 is 16.2 Å². The van der Waals surface area contributed by atoms with Gasteiger partial charge in [-0.25, -0.2) is 8.78 Å². The van der Waals surface area contributed by atoms with Crippen molar-refractivity contribution in [3.05, 3.63) is 59.7 Å². The summed E-state index contributed by atoms with van der Waals surface area (Å²) in [6.45, 7) is 0. The van der Waals surface area contributed by atoms with Crippen LogP contribution in [0.2, 0.25) is 0 Å². The predicted molar refractivity (Wildman–Crippen MR) is 74.8 cm³/mol. The van der Waals surface area contributed by atoms with Crippen LogP contribution in [0.15, 0.2) is 42.5 Å². The van der Waals surface area contributed by atoms with Gasteiger partial charge in [-0.15, -0.1) is 0 Å². The van der Waals surface area contributed by atoms with Crippen molar-refractivity contribution in [3.8, 4) is 5.75 Å². The lowest BCUT2D eigenvalue weighted by molar-refractivity contribution is -0.117. The number of halogens is 2. The molecule has 0 unspecified atom stereocenters. The summed E-state index contributed by atoms with van der Waals surface area (Å²) in [4.78, 5) is 11.9. The van der Waals surface area contributed by atoms with Crippen LogP contribution < -0.4 is 11.1 Å². The lowest BCUT2D eigenvalue weighted by Crippen LogP contribution is -2.37. The third-order valence-corrected chi connectivity index (χ3v) is 2.92. The molecule has 21 heavy (non-hydrogen) atoms. The number of carbonyl (C=O) groups excluding carboxylic acids is 1. The highest BCUT2D eigenvalue weighted by molar-refractivity contribution is 5.94. The van der Waals surface area contributed by atoms with E-state index in [1.54, 1.807) is 12.1 Å². The van der Waals surface area contributed by atoms with Gasteiger partial charge in [0.2, 0.25) is 5.91 Å². The van der Waals surface area contributed by atoms with Gasteiger partial charge in [-0.3, -0.25) is 4.79 Å². The van der Waals surface area contributed by atoms with Crippen molar-refractivity contribution >= 4 is 11.6 Å². The number of carbonyl (C=O) groups is 1. The minimum atomic E-state index is -0.919. The average molecular weight is 292 g/mol. The lowest BCUT2D eigenvalue weighted by atomic mass is 10.1. The molecular weight excluding hydrogens is 278 g/mol. The topological polar surface area (TPSA) is 75.3 Å². The molecule has 0 saturated heterocycles. The van der Waals surface area contributed by atoms with Gasteiger partial charge in [0.15, 0.2) is 0 Å². The van der Waals surface area contributed by atoms with Crippen LogP contribution in [0.5, 0.6) is 5.75 Å². The highest BCUT2D eigenvalue weighted by Gasteiger charge is 2.16. The molecule has 1 amide bonds. The summed E-state index contributed by atoms with van der Waals surface area (Å²) in [5, 5.41) is 11.4. The van der Waals surface area contributed by atoms with Crippen LogP contribution in [-0.4, -0.2) is 17.1 Å². The van der Waals surface area contributed by atoms with E-state index in [-0.39, 0.29) is 17.9 Å². The number of benzene rings is 2. The van der Waals surface area contributed by atoms with Crippen LogP contribution in [0.3, 0.4) is 0 Å². The smallest absolute Gasteiger partial charge is 0.241 e. The molecule has 4 nitrogen and oxygen atoms in total. The van der Waals surface area contributed by atoms with Crippen LogP contribution in [0, 0.1) is 11.6 Å².